The maximum absolute atomic E-state index is 5.58. The topological polar surface area (TPSA) is 56.3 Å². The molecule has 18 heavy (non-hydrogen) atoms. The van der Waals surface area contributed by atoms with E-state index in [9.17, 15) is 0 Å². The fraction of sp³-hybridized carbons (Fsp3) is 0.231. The average molecular weight is 245 g/mol. The van der Waals surface area contributed by atoms with Gasteiger partial charge in [-0.2, -0.15) is 5.10 Å². The Balaban J connectivity index is 2.08. The molecule has 0 atom stereocenters. The summed E-state index contributed by atoms with van der Waals surface area (Å²) in [5.74, 6) is 1.88. The summed E-state index contributed by atoms with van der Waals surface area (Å²) in [6.07, 6.45) is 0. The van der Waals surface area contributed by atoms with Crippen LogP contribution < -0.4 is 14.8 Å². The van der Waals surface area contributed by atoms with Crippen LogP contribution in [0.1, 0.15) is 5.69 Å². The summed E-state index contributed by atoms with van der Waals surface area (Å²) in [5.41, 5.74) is 0.871. The van der Waals surface area contributed by atoms with Crippen LogP contribution >= 0.6 is 0 Å². The lowest BCUT2D eigenvalue weighted by atomic mass is 10.3. The van der Waals surface area contributed by atoms with Gasteiger partial charge in [0.15, 0.2) is 0 Å². The lowest BCUT2D eigenvalue weighted by Gasteiger charge is -2.06. The third-order valence-corrected chi connectivity index (χ3v) is 2.32. The van der Waals surface area contributed by atoms with Gasteiger partial charge in [-0.15, -0.1) is 5.10 Å². The monoisotopic (exact) mass is 245 g/mol. The first-order valence-electron chi connectivity index (χ1n) is 5.61. The van der Waals surface area contributed by atoms with E-state index in [0.717, 1.165) is 11.4 Å². The molecule has 0 fully saturated rings. The third-order valence-electron chi connectivity index (χ3n) is 2.32. The van der Waals surface area contributed by atoms with Crippen LogP contribution in [0.3, 0.4) is 0 Å². The third kappa shape index (κ3) is 3.18. The highest BCUT2D eigenvalue weighted by Crippen LogP contribution is 2.23. The van der Waals surface area contributed by atoms with E-state index >= 15 is 0 Å². The number of hydrogen-bond donors (Lipinski definition) is 1. The van der Waals surface area contributed by atoms with Crippen molar-refractivity contribution in [2.45, 2.75) is 6.54 Å². The molecule has 1 heterocycles. The van der Waals surface area contributed by atoms with E-state index in [0.29, 0.717) is 18.2 Å². The van der Waals surface area contributed by atoms with Crippen LogP contribution in [0.5, 0.6) is 17.4 Å². The predicted molar refractivity (Wildman–Crippen MR) is 67.9 cm³/mol. The first kappa shape index (κ1) is 12.3. The van der Waals surface area contributed by atoms with E-state index in [1.165, 1.54) is 0 Å². The van der Waals surface area contributed by atoms with Gasteiger partial charge in [-0.1, -0.05) is 6.07 Å². The molecule has 0 saturated carbocycles. The van der Waals surface area contributed by atoms with Crippen molar-refractivity contribution in [2.24, 2.45) is 0 Å². The van der Waals surface area contributed by atoms with Crippen LogP contribution in [0.25, 0.3) is 0 Å². The summed E-state index contributed by atoms with van der Waals surface area (Å²) >= 11 is 0. The molecule has 0 saturated heterocycles. The fourth-order valence-electron chi connectivity index (χ4n) is 1.46. The summed E-state index contributed by atoms with van der Waals surface area (Å²) in [6, 6.07) is 11.0. The number of rotatable bonds is 5. The molecule has 0 unspecified atom stereocenters. The van der Waals surface area contributed by atoms with Gasteiger partial charge >= 0.3 is 0 Å². The van der Waals surface area contributed by atoms with Crippen molar-refractivity contribution in [3.63, 3.8) is 0 Å². The summed E-state index contributed by atoms with van der Waals surface area (Å²) in [5, 5.41) is 11.0. The average Bonchev–Trinajstić information content (AvgIpc) is 2.42. The predicted octanol–water partition coefficient (Wildman–Crippen LogP) is 2.00. The zero-order chi connectivity index (χ0) is 12.8. The Hall–Kier alpha value is -2.14. The van der Waals surface area contributed by atoms with Crippen molar-refractivity contribution in [2.75, 3.05) is 14.2 Å². The molecule has 0 bridgehead atoms. The van der Waals surface area contributed by atoms with E-state index in [2.05, 4.69) is 15.5 Å². The van der Waals surface area contributed by atoms with Crippen LogP contribution in [0, 0.1) is 0 Å². The van der Waals surface area contributed by atoms with Crippen molar-refractivity contribution in [3.8, 4) is 17.4 Å². The number of nitrogens with zero attached hydrogens (tertiary/aromatic N) is 2. The minimum absolute atomic E-state index is 0.461. The molecule has 1 aromatic carbocycles. The van der Waals surface area contributed by atoms with Crippen molar-refractivity contribution < 1.29 is 9.47 Å². The molecule has 0 aliphatic rings. The van der Waals surface area contributed by atoms with Gasteiger partial charge in [-0.25, -0.2) is 0 Å². The second-order valence-corrected chi connectivity index (χ2v) is 3.67. The molecule has 0 aliphatic heterocycles. The summed E-state index contributed by atoms with van der Waals surface area (Å²) in [4.78, 5) is 0. The first-order valence-corrected chi connectivity index (χ1v) is 5.61. The molecule has 1 N–H and O–H groups in total. The zero-order valence-corrected chi connectivity index (χ0v) is 10.4. The lowest BCUT2D eigenvalue weighted by Crippen LogP contribution is -2.07. The van der Waals surface area contributed by atoms with Crippen molar-refractivity contribution in [1.82, 2.24) is 15.5 Å². The fourth-order valence-corrected chi connectivity index (χ4v) is 1.46. The van der Waals surface area contributed by atoms with Crippen molar-refractivity contribution in [3.05, 3.63) is 42.1 Å². The molecule has 2 rings (SSSR count). The first-order chi connectivity index (χ1) is 8.81. The SMILES string of the molecule is CNCc1ccc(Oc2cccc(OC)c2)nn1. The highest BCUT2D eigenvalue weighted by molar-refractivity contribution is 5.34. The Bertz CT molecular complexity index is 500. The molecule has 5 heteroatoms. The quantitative estimate of drug-likeness (QED) is 0.873. The Morgan fingerprint density at radius 1 is 1.11 bits per heavy atom. The minimum Gasteiger partial charge on any atom is -0.497 e. The van der Waals surface area contributed by atoms with Gasteiger partial charge in [0.2, 0.25) is 5.88 Å². The van der Waals surface area contributed by atoms with Gasteiger partial charge in [0.25, 0.3) is 0 Å². The number of aromatic nitrogens is 2. The van der Waals surface area contributed by atoms with Crippen LogP contribution in [-0.2, 0) is 6.54 Å². The number of methoxy groups -OCH3 is 1. The van der Waals surface area contributed by atoms with Gasteiger partial charge < -0.3 is 14.8 Å². The van der Waals surface area contributed by atoms with Crippen molar-refractivity contribution >= 4 is 0 Å². The molecular formula is C13H15N3O2. The second-order valence-electron chi connectivity index (χ2n) is 3.67. The molecule has 2 aromatic rings. The summed E-state index contributed by atoms with van der Waals surface area (Å²) in [7, 11) is 3.48. The normalized spacial score (nSPS) is 10.1. The Morgan fingerprint density at radius 2 is 1.94 bits per heavy atom. The van der Waals surface area contributed by atoms with Crippen molar-refractivity contribution in [1.29, 1.82) is 0 Å². The standard InChI is InChI=1S/C13H15N3O2/c1-14-9-10-6-7-13(16-15-10)18-12-5-3-4-11(8-12)17-2/h3-8,14H,9H2,1-2H3. The highest BCUT2D eigenvalue weighted by Gasteiger charge is 2.01. The maximum Gasteiger partial charge on any atom is 0.238 e. The number of hydrogen-bond acceptors (Lipinski definition) is 5. The Kier molecular flexibility index (Phi) is 4.09. The maximum atomic E-state index is 5.58. The molecular weight excluding hydrogens is 230 g/mol. The van der Waals surface area contributed by atoms with E-state index in [4.69, 9.17) is 9.47 Å². The second kappa shape index (κ2) is 5.97. The molecule has 0 spiro atoms. The Labute approximate surface area is 106 Å². The molecule has 0 amide bonds. The van der Waals surface area contributed by atoms with E-state index in [1.54, 1.807) is 19.2 Å². The number of nitrogens with one attached hydrogen (secondary N) is 1. The van der Waals surface area contributed by atoms with E-state index < -0.39 is 0 Å². The van der Waals surface area contributed by atoms with Crippen LogP contribution in [0.4, 0.5) is 0 Å². The van der Waals surface area contributed by atoms with Gasteiger partial charge in [0.05, 0.1) is 12.8 Å². The largest absolute Gasteiger partial charge is 0.497 e. The number of benzene rings is 1. The number of ether oxygens (including phenoxy) is 2. The molecule has 5 nitrogen and oxygen atoms in total. The van der Waals surface area contributed by atoms with E-state index in [-0.39, 0.29) is 0 Å². The smallest absolute Gasteiger partial charge is 0.238 e. The summed E-state index contributed by atoms with van der Waals surface area (Å²) < 4.78 is 10.7. The molecule has 0 aliphatic carbocycles. The highest BCUT2D eigenvalue weighted by atomic mass is 16.5. The molecule has 0 radical (unpaired) electrons. The molecule has 1 aromatic heterocycles. The van der Waals surface area contributed by atoms with Gasteiger partial charge in [0.1, 0.15) is 11.5 Å². The van der Waals surface area contributed by atoms with Gasteiger partial charge in [0, 0.05) is 18.7 Å². The summed E-state index contributed by atoms with van der Waals surface area (Å²) in [6.45, 7) is 0.687. The zero-order valence-electron chi connectivity index (χ0n) is 10.4. The van der Waals surface area contributed by atoms with Crippen LogP contribution in [-0.4, -0.2) is 24.4 Å². The molecule has 94 valence electrons. The Morgan fingerprint density at radius 3 is 2.61 bits per heavy atom. The van der Waals surface area contributed by atoms with Crippen LogP contribution in [0.15, 0.2) is 36.4 Å². The minimum atomic E-state index is 0.461. The van der Waals surface area contributed by atoms with E-state index in [1.807, 2.05) is 31.3 Å². The van der Waals surface area contributed by atoms with Crippen LogP contribution in [0.2, 0.25) is 0 Å². The lowest BCUT2D eigenvalue weighted by molar-refractivity contribution is 0.406. The van der Waals surface area contributed by atoms with Gasteiger partial charge in [-0.3, -0.25) is 0 Å². The van der Waals surface area contributed by atoms with Gasteiger partial charge in [-0.05, 0) is 25.2 Å².